The molecule has 4 atom stereocenters. The Labute approximate surface area is 208 Å². The first-order valence-electron chi connectivity index (χ1n) is 10.8. The highest BCUT2D eigenvalue weighted by molar-refractivity contribution is 7.77. The quantitative estimate of drug-likeness (QED) is 0.306. The van der Waals surface area contributed by atoms with E-state index in [4.69, 9.17) is 8.92 Å². The van der Waals surface area contributed by atoms with Crippen LogP contribution in [0.4, 0.5) is 0 Å². The van der Waals surface area contributed by atoms with E-state index in [9.17, 15) is 17.5 Å². The summed E-state index contributed by atoms with van der Waals surface area (Å²) in [6, 6.07) is 24.2. The van der Waals surface area contributed by atoms with Crippen LogP contribution >= 0.6 is 0 Å². The molecule has 0 bridgehead atoms. The van der Waals surface area contributed by atoms with Crippen LogP contribution < -0.4 is 4.72 Å². The molecule has 4 aromatic rings. The van der Waals surface area contributed by atoms with Crippen molar-refractivity contribution in [2.24, 2.45) is 7.05 Å². The van der Waals surface area contributed by atoms with Crippen molar-refractivity contribution < 1.29 is 26.4 Å². The lowest BCUT2D eigenvalue weighted by Gasteiger charge is -2.26. The molecule has 3 aromatic carbocycles. The molecule has 0 spiro atoms. The lowest BCUT2D eigenvalue weighted by molar-refractivity contribution is 0.0415. The van der Waals surface area contributed by atoms with Gasteiger partial charge in [0.2, 0.25) is 0 Å². The summed E-state index contributed by atoms with van der Waals surface area (Å²) in [6.45, 7) is 0.197. The summed E-state index contributed by atoms with van der Waals surface area (Å²) in [5.74, 6) is 0. The summed E-state index contributed by atoms with van der Waals surface area (Å²) >= 11 is -5.31. The zero-order valence-electron chi connectivity index (χ0n) is 18.9. The summed E-state index contributed by atoms with van der Waals surface area (Å²) in [5, 5.41) is 0.848. The molecule has 0 aliphatic rings. The molecular formula is C25H24N2O6S2-2. The predicted octanol–water partition coefficient (Wildman–Crippen LogP) is 3.72. The Morgan fingerprint density at radius 3 is 2.26 bits per heavy atom. The molecular weight excluding hydrogens is 488 g/mol. The van der Waals surface area contributed by atoms with Crippen LogP contribution in [0.25, 0.3) is 10.9 Å². The molecule has 1 heterocycles. The van der Waals surface area contributed by atoms with Crippen LogP contribution in [0.1, 0.15) is 34.5 Å². The standard InChI is InChI=1S/C25H26N2O6S2/c1-27-16-22(19-11-7-8-14-23(19)27)25(33-35(30)31)21-13-6-5-12-20(21)24(15-26-34(28)29)32-17-18-9-3-2-4-10-18/h2-14,16,24-26H,15,17H2,1H3,(H,28,29)(H,30,31)/p-2/t24-,25+/m0/s1. The molecule has 8 nitrogen and oxygen atoms in total. The molecule has 0 fully saturated rings. The molecule has 0 saturated carbocycles. The fourth-order valence-electron chi connectivity index (χ4n) is 4.15. The Morgan fingerprint density at radius 1 is 0.886 bits per heavy atom. The van der Waals surface area contributed by atoms with Crippen molar-refractivity contribution in [2.75, 3.05) is 6.54 Å². The van der Waals surface area contributed by atoms with Crippen molar-refractivity contribution in [3.8, 4) is 0 Å². The van der Waals surface area contributed by atoms with E-state index in [1.807, 2.05) is 72.4 Å². The van der Waals surface area contributed by atoms with Crippen LogP contribution in [0, 0.1) is 0 Å². The van der Waals surface area contributed by atoms with Gasteiger partial charge >= 0.3 is 0 Å². The van der Waals surface area contributed by atoms with E-state index in [0.29, 0.717) is 16.7 Å². The maximum atomic E-state index is 11.8. The van der Waals surface area contributed by atoms with Gasteiger partial charge in [-0.15, -0.1) is 0 Å². The van der Waals surface area contributed by atoms with Crippen LogP contribution in [0.3, 0.4) is 0 Å². The van der Waals surface area contributed by atoms with Gasteiger partial charge in [-0.1, -0.05) is 72.8 Å². The van der Waals surface area contributed by atoms with Crippen molar-refractivity contribution in [3.63, 3.8) is 0 Å². The Morgan fingerprint density at radius 2 is 1.54 bits per heavy atom. The van der Waals surface area contributed by atoms with E-state index in [-0.39, 0.29) is 13.2 Å². The molecule has 0 saturated heterocycles. The number of para-hydroxylation sites is 1. The first-order valence-corrected chi connectivity index (χ1v) is 12.9. The number of hydrogen-bond acceptors (Lipinski definition) is 6. The highest BCUT2D eigenvalue weighted by atomic mass is 32.2. The molecule has 10 heteroatoms. The number of aryl methyl sites for hydroxylation is 1. The number of fused-ring (bicyclic) bond motifs is 1. The van der Waals surface area contributed by atoms with E-state index in [2.05, 4.69) is 4.72 Å². The van der Waals surface area contributed by atoms with E-state index < -0.39 is 34.8 Å². The van der Waals surface area contributed by atoms with E-state index in [1.54, 1.807) is 24.3 Å². The van der Waals surface area contributed by atoms with Gasteiger partial charge in [0.25, 0.3) is 0 Å². The third-order valence-electron chi connectivity index (χ3n) is 5.69. The Hall–Kier alpha value is -2.70. The van der Waals surface area contributed by atoms with Gasteiger partial charge in [-0.3, -0.25) is 8.39 Å². The summed E-state index contributed by atoms with van der Waals surface area (Å²) in [7, 11) is 1.88. The van der Waals surface area contributed by atoms with Crippen LogP contribution in [-0.4, -0.2) is 28.6 Å². The fourth-order valence-corrected chi connectivity index (χ4v) is 4.80. The van der Waals surface area contributed by atoms with Gasteiger partial charge in [0.05, 0.1) is 24.1 Å². The minimum Gasteiger partial charge on any atom is -0.760 e. The van der Waals surface area contributed by atoms with Crippen molar-refractivity contribution in [1.82, 2.24) is 9.29 Å². The number of benzene rings is 3. The van der Waals surface area contributed by atoms with Gasteiger partial charge in [-0.2, -0.15) is 0 Å². The average Bonchev–Trinajstić information content (AvgIpc) is 3.19. The van der Waals surface area contributed by atoms with Crippen LogP contribution in [0.2, 0.25) is 0 Å². The number of nitrogens with one attached hydrogen (secondary N) is 1. The number of ether oxygens (including phenoxy) is 1. The highest BCUT2D eigenvalue weighted by Gasteiger charge is 2.26. The molecule has 2 unspecified atom stereocenters. The lowest BCUT2D eigenvalue weighted by atomic mass is 9.93. The maximum absolute atomic E-state index is 11.8. The second-order valence-corrected chi connectivity index (χ2v) is 9.25. The van der Waals surface area contributed by atoms with Crippen molar-refractivity contribution in [1.29, 1.82) is 0 Å². The van der Waals surface area contributed by atoms with Gasteiger partial charge in [0.1, 0.15) is 6.10 Å². The third-order valence-corrected chi connectivity index (χ3v) is 6.44. The van der Waals surface area contributed by atoms with Crippen molar-refractivity contribution in [2.45, 2.75) is 18.8 Å². The Bertz CT molecular complexity index is 1330. The predicted molar refractivity (Wildman–Crippen MR) is 132 cm³/mol. The van der Waals surface area contributed by atoms with Crippen molar-refractivity contribution in [3.05, 3.63) is 107 Å². The number of aromatic nitrogens is 1. The number of nitrogens with zero attached hydrogens (tertiary/aromatic N) is 1. The van der Waals surface area contributed by atoms with E-state index >= 15 is 0 Å². The van der Waals surface area contributed by atoms with Gasteiger partial charge in [0, 0.05) is 47.5 Å². The van der Waals surface area contributed by atoms with Crippen LogP contribution in [0.15, 0.2) is 85.1 Å². The molecule has 1 N–H and O–H groups in total. The summed E-state index contributed by atoms with van der Waals surface area (Å²) in [5.41, 5.74) is 3.68. The number of rotatable bonds is 11. The van der Waals surface area contributed by atoms with E-state index in [1.165, 1.54) is 0 Å². The molecule has 184 valence electrons. The molecule has 0 aliphatic carbocycles. The summed E-state index contributed by atoms with van der Waals surface area (Å²) in [4.78, 5) is 0. The maximum Gasteiger partial charge on any atom is 0.126 e. The monoisotopic (exact) mass is 512 g/mol. The molecule has 1 aromatic heterocycles. The smallest absolute Gasteiger partial charge is 0.126 e. The molecule has 0 aliphatic heterocycles. The Balaban J connectivity index is 1.77. The fraction of sp³-hybridized carbons (Fsp3) is 0.200. The van der Waals surface area contributed by atoms with Gasteiger partial charge in [-0.25, -0.2) is 8.93 Å². The van der Waals surface area contributed by atoms with E-state index in [0.717, 1.165) is 16.5 Å². The molecule has 35 heavy (non-hydrogen) atoms. The van der Waals surface area contributed by atoms with Crippen molar-refractivity contribution >= 4 is 33.5 Å². The van der Waals surface area contributed by atoms with Gasteiger partial charge in [-0.05, 0) is 22.8 Å². The van der Waals surface area contributed by atoms with Crippen LogP contribution in [0.5, 0.6) is 0 Å². The first kappa shape index (κ1) is 25.4. The minimum atomic E-state index is -2.81. The Kier molecular flexibility index (Phi) is 8.58. The molecule has 0 amide bonds. The topological polar surface area (TPSA) is 116 Å². The largest absolute Gasteiger partial charge is 0.760 e. The highest BCUT2D eigenvalue weighted by Crippen LogP contribution is 2.37. The third kappa shape index (κ3) is 6.30. The average molecular weight is 513 g/mol. The molecule has 4 rings (SSSR count). The van der Waals surface area contributed by atoms with Gasteiger partial charge in [0.15, 0.2) is 0 Å². The second-order valence-electron chi connectivity index (χ2n) is 7.89. The normalized spacial score (nSPS) is 15.1. The van der Waals surface area contributed by atoms with Gasteiger partial charge < -0.3 is 18.4 Å². The minimum absolute atomic E-state index is 0.0390. The summed E-state index contributed by atoms with van der Waals surface area (Å²) in [6.07, 6.45) is 0.172. The summed E-state index contributed by atoms with van der Waals surface area (Å²) < 4.78 is 61.9. The molecule has 0 radical (unpaired) electrons. The zero-order chi connectivity index (χ0) is 24.8. The zero-order valence-corrected chi connectivity index (χ0v) is 20.5. The SMILES string of the molecule is Cn1cc([C@H](OS(=O)[O-])c2ccccc2[C@H](CNS(=O)[O-])OCc2ccccc2)c2ccccc21. The van der Waals surface area contributed by atoms with Crippen LogP contribution in [-0.2, 0) is 45.2 Å². The second kappa shape index (κ2) is 11.8. The number of hydrogen-bond donors (Lipinski definition) is 1. The lowest BCUT2D eigenvalue weighted by Crippen LogP contribution is -2.26. The first-order chi connectivity index (χ1) is 16.9.